The molecule has 1 aliphatic heterocycles. The highest BCUT2D eigenvalue weighted by Gasteiger charge is 2.40. The van der Waals surface area contributed by atoms with Gasteiger partial charge in [-0.3, -0.25) is 57.5 Å². The smallest absolute Gasteiger partial charge is 0.325 e. The number of carbonyl (C=O) groups excluding carboxylic acids is 12. The Bertz CT molecular complexity index is 2490. The van der Waals surface area contributed by atoms with Gasteiger partial charge in [-0.05, 0) is 62.4 Å². The highest BCUT2D eigenvalue weighted by atomic mass is 16.5. The van der Waals surface area contributed by atoms with E-state index in [0.717, 1.165) is 69.1 Å². The molecule has 28 nitrogen and oxygen atoms in total. The quantitative estimate of drug-likeness (QED) is 0.0237. The van der Waals surface area contributed by atoms with E-state index in [1.165, 1.54) is 25.1 Å². The highest BCUT2D eigenvalue weighted by Crippen LogP contribution is 2.24. The number of nitrogens with one attached hydrogen (secondary N) is 7. The van der Waals surface area contributed by atoms with Crippen LogP contribution in [0, 0.1) is 35.5 Å². The summed E-state index contributed by atoms with van der Waals surface area (Å²) < 4.78 is 17.8. The first-order valence-corrected chi connectivity index (χ1v) is 34.4. The van der Waals surface area contributed by atoms with Gasteiger partial charge in [-0.15, -0.1) is 0 Å². The number of cyclic esters (lactones) is 1. The topological polar surface area (TPSA) is 422 Å². The number of primary amides is 1. The van der Waals surface area contributed by atoms with Gasteiger partial charge in [0.15, 0.2) is 0 Å². The lowest BCUT2D eigenvalue weighted by Gasteiger charge is -2.34. The molecule has 0 aromatic rings. The Hall–Kier alpha value is -6.78. The molecule has 95 heavy (non-hydrogen) atoms. The molecule has 1 rings (SSSR count). The monoisotopic (exact) mass is 1350 g/mol. The molecule has 14 N–H and O–H groups in total. The second-order valence-electron chi connectivity index (χ2n) is 26.1. The van der Waals surface area contributed by atoms with Gasteiger partial charge in [0.1, 0.15) is 67.6 Å². The SMILES string of the molecule is CCCCCCCCCC[C@@H](OC(=O)CNC(=O)[C@@H](C)COC/C(C)=C/[C@H]1C(=O)N[C@@H]([C@H](C)CC)C(=O)N[C@@H](CN)C(=O)N[C@@H](CO)C(=O)NCC(=O)O[C@H](CCCCCC)[C@@H](C)C(=O)N1C)[C@@H](C)C(=O)N(C)[C@@H](CC(C)C)C(=O)N[C@H](C(=O)N[C@@H](CN)C(N)=O)[C@H](C)CC. The van der Waals surface area contributed by atoms with Crippen LogP contribution in [0.3, 0.4) is 0 Å². The first-order chi connectivity index (χ1) is 44.9. The number of likely N-dealkylation sites (N-methyl/N-ethyl adjacent to an activating group) is 2. The third-order valence-electron chi connectivity index (χ3n) is 17.6. The molecule has 0 aromatic heterocycles. The molecule has 0 saturated carbocycles. The predicted octanol–water partition coefficient (Wildman–Crippen LogP) is 2.04. The molecule has 1 fully saturated rings. The lowest BCUT2D eigenvalue weighted by atomic mass is 9.94. The van der Waals surface area contributed by atoms with Crippen LogP contribution in [0.5, 0.6) is 0 Å². The number of rotatable bonds is 40. The van der Waals surface area contributed by atoms with E-state index in [1.807, 2.05) is 27.7 Å². The zero-order chi connectivity index (χ0) is 72.1. The molecule has 1 aliphatic rings. The third-order valence-corrected chi connectivity index (χ3v) is 17.6. The molecule has 0 aliphatic carbocycles. The molecule has 0 aromatic carbocycles. The minimum atomic E-state index is -1.55. The minimum Gasteiger partial charge on any atom is -0.460 e. The number of aliphatic hydroxyl groups is 1. The summed E-state index contributed by atoms with van der Waals surface area (Å²) in [6.07, 6.45) is 12.1. The maximum atomic E-state index is 14.7. The average molecular weight is 1350 g/mol. The Kier molecular flexibility index (Phi) is 42.1. The van der Waals surface area contributed by atoms with Crippen LogP contribution < -0.4 is 54.4 Å². The number of ether oxygens (including phenoxy) is 3. The zero-order valence-corrected chi connectivity index (χ0v) is 59.4. The molecule has 544 valence electrons. The highest BCUT2D eigenvalue weighted by molar-refractivity contribution is 5.98. The molecular formula is C67H120N12O16. The van der Waals surface area contributed by atoms with Crippen molar-refractivity contribution in [2.75, 3.05) is 60.1 Å². The molecule has 10 amide bonds. The van der Waals surface area contributed by atoms with Crippen LogP contribution in [0.2, 0.25) is 0 Å². The van der Waals surface area contributed by atoms with Gasteiger partial charge in [0, 0.05) is 27.2 Å². The van der Waals surface area contributed by atoms with Crippen LogP contribution in [0.25, 0.3) is 0 Å². The van der Waals surface area contributed by atoms with E-state index < -0.39 is 181 Å². The Morgan fingerprint density at radius 1 is 0.768 bits per heavy atom. The van der Waals surface area contributed by atoms with Crippen molar-refractivity contribution in [3.05, 3.63) is 11.6 Å². The van der Waals surface area contributed by atoms with E-state index in [-0.39, 0.29) is 38.5 Å². The van der Waals surface area contributed by atoms with E-state index in [4.69, 9.17) is 31.4 Å². The van der Waals surface area contributed by atoms with Crippen LogP contribution >= 0.6 is 0 Å². The van der Waals surface area contributed by atoms with Crippen LogP contribution in [0.4, 0.5) is 0 Å². The Balaban J connectivity index is 3.54. The van der Waals surface area contributed by atoms with Crippen LogP contribution in [0.1, 0.15) is 192 Å². The molecule has 1 heterocycles. The largest absolute Gasteiger partial charge is 0.460 e. The summed E-state index contributed by atoms with van der Waals surface area (Å²) in [7, 11) is 2.87. The molecular weight excluding hydrogens is 1230 g/mol. The molecule has 0 bridgehead atoms. The van der Waals surface area contributed by atoms with E-state index in [0.29, 0.717) is 37.7 Å². The van der Waals surface area contributed by atoms with Crippen molar-refractivity contribution in [2.24, 2.45) is 52.7 Å². The van der Waals surface area contributed by atoms with Gasteiger partial charge < -0.3 is 83.5 Å². The fraction of sp³-hybridized carbons (Fsp3) is 0.791. The Labute approximate surface area is 564 Å². The Morgan fingerprint density at radius 3 is 1.93 bits per heavy atom. The van der Waals surface area contributed by atoms with Crippen molar-refractivity contribution in [2.45, 2.75) is 247 Å². The number of esters is 2. The summed E-state index contributed by atoms with van der Waals surface area (Å²) in [5.41, 5.74) is 17.4. The second-order valence-corrected chi connectivity index (χ2v) is 26.1. The van der Waals surface area contributed by atoms with Crippen molar-refractivity contribution in [1.29, 1.82) is 0 Å². The number of aliphatic hydroxyl groups excluding tert-OH is 1. The number of hydrogen-bond donors (Lipinski definition) is 11. The van der Waals surface area contributed by atoms with Gasteiger partial charge in [0.2, 0.25) is 59.1 Å². The number of nitrogens with two attached hydrogens (primary N) is 3. The summed E-state index contributed by atoms with van der Waals surface area (Å²) >= 11 is 0. The van der Waals surface area contributed by atoms with Gasteiger partial charge in [0.25, 0.3) is 0 Å². The van der Waals surface area contributed by atoms with Crippen LogP contribution in [-0.4, -0.2) is 201 Å². The van der Waals surface area contributed by atoms with E-state index >= 15 is 0 Å². The van der Waals surface area contributed by atoms with Gasteiger partial charge in [-0.1, -0.05) is 159 Å². The maximum Gasteiger partial charge on any atom is 0.325 e. The van der Waals surface area contributed by atoms with Gasteiger partial charge in [-0.25, -0.2) is 0 Å². The van der Waals surface area contributed by atoms with E-state index in [1.54, 1.807) is 48.5 Å². The number of hydrogen-bond acceptors (Lipinski definition) is 18. The lowest BCUT2D eigenvalue weighted by Crippen LogP contribution is -2.61. The lowest BCUT2D eigenvalue weighted by molar-refractivity contribution is -0.158. The minimum absolute atomic E-state index is 0.0864. The van der Waals surface area contributed by atoms with Crippen molar-refractivity contribution in [1.82, 2.24) is 47.0 Å². The zero-order valence-electron chi connectivity index (χ0n) is 59.4. The van der Waals surface area contributed by atoms with Crippen molar-refractivity contribution >= 4 is 71.0 Å². The number of unbranched alkanes of at least 4 members (excludes halogenated alkanes) is 10. The summed E-state index contributed by atoms with van der Waals surface area (Å²) in [4.78, 5) is 167. The molecule has 0 spiro atoms. The average Bonchev–Trinajstić information content (AvgIpc) is 1.36. The van der Waals surface area contributed by atoms with Gasteiger partial charge in [0.05, 0.1) is 37.6 Å². The first kappa shape index (κ1) is 86.2. The van der Waals surface area contributed by atoms with E-state index in [9.17, 15) is 62.6 Å². The predicted molar refractivity (Wildman–Crippen MR) is 359 cm³/mol. The fourth-order valence-corrected chi connectivity index (χ4v) is 10.8. The Morgan fingerprint density at radius 2 is 1.37 bits per heavy atom. The second kappa shape index (κ2) is 46.4. The number of amides is 10. The summed E-state index contributed by atoms with van der Waals surface area (Å²) in [6, 6.07) is -9.00. The molecule has 28 heteroatoms. The van der Waals surface area contributed by atoms with Crippen molar-refractivity contribution in [3.8, 4) is 0 Å². The van der Waals surface area contributed by atoms with Crippen LogP contribution in [-0.2, 0) is 71.7 Å². The summed E-state index contributed by atoms with van der Waals surface area (Å²) in [5.74, 6) is -12.8. The van der Waals surface area contributed by atoms with Crippen molar-refractivity contribution in [3.63, 3.8) is 0 Å². The number of nitrogens with zero attached hydrogens (tertiary/aromatic N) is 2. The van der Waals surface area contributed by atoms with Gasteiger partial charge in [-0.2, -0.15) is 0 Å². The molecule has 14 atom stereocenters. The van der Waals surface area contributed by atoms with Gasteiger partial charge >= 0.3 is 11.9 Å². The molecule has 0 radical (unpaired) electrons. The van der Waals surface area contributed by atoms with Crippen molar-refractivity contribution < 1.29 is 76.9 Å². The maximum absolute atomic E-state index is 14.7. The summed E-state index contributed by atoms with van der Waals surface area (Å²) in [6.45, 7) is 18.2. The first-order valence-electron chi connectivity index (χ1n) is 34.4. The van der Waals surface area contributed by atoms with Crippen LogP contribution in [0.15, 0.2) is 11.6 Å². The molecule has 0 unspecified atom stereocenters. The van der Waals surface area contributed by atoms with E-state index in [2.05, 4.69) is 44.1 Å². The normalized spacial score (nSPS) is 21.5. The standard InChI is InChI=1S/C67H120N12O16/c1-15-19-21-23-24-25-26-28-30-53(45(11)66(91)78(13)50(31-40(5)6)62(87)76-56(42(8)17-3)64(89)73-47(33-68)58(70)83)94-54(81)35-71-59(84)44(10)39-93-38-41(7)32-51-63(88)77-57(43(9)18-4)65(90)74-48(34-69)61(86)75-49(37-80)60(85)72-36-55(82)95-52(29-27-22-20-16-2)46(12)67(92)79(51)14/h32,40,42-53,56-57,80H,15-31,33-39,68-69H2,1-14H3,(H2,70,83)(H,71,84)(H,72,85)(H,73,89)(H,74,90)(H,75,86)(H,76,87)(H,77,88)/b41-32+/t42-,43-,44+,45-,46-,47+,48+,49+,50+,51+,52-,53-,56+,57+/m1/s1. The third kappa shape index (κ3) is 30.9. The number of carbonyl (C=O) groups is 12. The summed E-state index contributed by atoms with van der Waals surface area (Å²) in [5, 5.41) is 27.9. The fourth-order valence-electron chi connectivity index (χ4n) is 10.8. The molecule has 1 saturated heterocycles.